The van der Waals surface area contributed by atoms with Crippen molar-refractivity contribution in [2.24, 2.45) is 0 Å². The molecule has 184 valence electrons. The van der Waals surface area contributed by atoms with Crippen LogP contribution in [0, 0.1) is 6.92 Å². The van der Waals surface area contributed by atoms with Crippen LogP contribution in [0.1, 0.15) is 36.7 Å². The highest BCUT2D eigenvalue weighted by atomic mass is 32.2. The average molecular weight is 507 g/mol. The molecule has 0 saturated carbocycles. The minimum Gasteiger partial charge on any atom is -0.348 e. The van der Waals surface area contributed by atoms with Gasteiger partial charge in [-0.1, -0.05) is 30.4 Å². The minimum absolute atomic E-state index is 0.0303. The van der Waals surface area contributed by atoms with Gasteiger partial charge in [-0.25, -0.2) is 4.98 Å². The molecule has 0 radical (unpaired) electrons. The number of alkyl halides is 3. The Hall–Kier alpha value is -3.41. The van der Waals surface area contributed by atoms with E-state index in [4.69, 9.17) is 0 Å². The van der Waals surface area contributed by atoms with E-state index in [1.54, 1.807) is 25.1 Å². The van der Waals surface area contributed by atoms with E-state index in [-0.39, 0.29) is 48.5 Å². The molecule has 0 bridgehead atoms. The van der Waals surface area contributed by atoms with Crippen LogP contribution < -0.4 is 16.2 Å². The molecule has 2 aromatic rings. The largest absolute Gasteiger partial charge is 0.442 e. The molecule has 35 heavy (non-hydrogen) atoms. The predicted octanol–water partition coefficient (Wildman–Crippen LogP) is 2.81. The molecule has 2 N–H and O–H groups in total. The number of aromatic nitrogens is 2. The fourth-order valence-corrected chi connectivity index (χ4v) is 4.86. The summed E-state index contributed by atoms with van der Waals surface area (Å²) in [4.78, 5) is 54.3. The molecule has 1 unspecified atom stereocenters. The third-order valence-electron chi connectivity index (χ3n) is 5.76. The number of carbonyl (C=O) groups excluding carboxylic acids is 3. The van der Waals surface area contributed by atoms with Gasteiger partial charge in [-0.15, -0.1) is 0 Å². The maximum absolute atomic E-state index is 13.4. The molecule has 12 heteroatoms. The number of nitrogens with one attached hydrogen (secondary N) is 2. The Morgan fingerprint density at radius 3 is 2.71 bits per heavy atom. The van der Waals surface area contributed by atoms with Gasteiger partial charge in [-0.3, -0.25) is 29.1 Å². The molecule has 2 aliphatic rings. The Bertz CT molecular complexity index is 1330. The van der Waals surface area contributed by atoms with E-state index in [1.165, 1.54) is 22.8 Å². The second kappa shape index (κ2) is 9.68. The van der Waals surface area contributed by atoms with Gasteiger partial charge in [-0.05, 0) is 43.2 Å². The van der Waals surface area contributed by atoms with Crippen LogP contribution in [0.5, 0.6) is 0 Å². The van der Waals surface area contributed by atoms with E-state index in [0.29, 0.717) is 16.9 Å². The number of piperidine rings is 1. The monoisotopic (exact) mass is 506 g/mol. The van der Waals surface area contributed by atoms with E-state index >= 15 is 0 Å². The highest BCUT2D eigenvalue weighted by Gasteiger charge is 2.33. The lowest BCUT2D eigenvalue weighted by Gasteiger charge is -2.24. The number of aryl methyl sites for hydroxylation is 1. The van der Waals surface area contributed by atoms with Gasteiger partial charge in [0, 0.05) is 23.8 Å². The van der Waals surface area contributed by atoms with E-state index < -0.39 is 40.1 Å². The zero-order valence-electron chi connectivity index (χ0n) is 18.5. The Kier molecular flexibility index (Phi) is 6.84. The molecule has 1 aromatic carbocycles. The maximum atomic E-state index is 13.4. The second-order valence-corrected chi connectivity index (χ2v) is 9.46. The Morgan fingerprint density at radius 2 is 2.06 bits per heavy atom. The van der Waals surface area contributed by atoms with Crippen molar-refractivity contribution in [3.63, 3.8) is 0 Å². The van der Waals surface area contributed by atoms with Crippen molar-refractivity contribution in [3.8, 4) is 0 Å². The number of fused-ring (bicyclic) bond motifs is 1. The summed E-state index contributed by atoms with van der Waals surface area (Å²) < 4.78 is 38.9. The van der Waals surface area contributed by atoms with Crippen LogP contribution >= 0.6 is 11.8 Å². The fourth-order valence-electron chi connectivity index (χ4n) is 4.17. The molecular weight excluding hydrogens is 485 g/mol. The van der Waals surface area contributed by atoms with Crippen molar-refractivity contribution in [2.75, 3.05) is 0 Å². The number of nitrogens with zero attached hydrogens (tertiary/aromatic N) is 2. The summed E-state index contributed by atoms with van der Waals surface area (Å²) in [5, 5.41) is 4.38. The second-order valence-electron chi connectivity index (χ2n) is 8.15. The van der Waals surface area contributed by atoms with Crippen molar-refractivity contribution in [1.29, 1.82) is 0 Å². The van der Waals surface area contributed by atoms with Crippen molar-refractivity contribution in [2.45, 2.75) is 49.5 Å². The van der Waals surface area contributed by atoms with Gasteiger partial charge in [0.25, 0.3) is 11.5 Å². The summed E-state index contributed by atoms with van der Waals surface area (Å²) in [6.45, 7) is 1.57. The summed E-state index contributed by atoms with van der Waals surface area (Å²) >= 11 is -0.135. The normalized spacial score (nSPS) is 20.5. The summed E-state index contributed by atoms with van der Waals surface area (Å²) in [7, 11) is 0. The first-order valence-electron chi connectivity index (χ1n) is 10.8. The number of carbonyl (C=O) groups is 3. The Morgan fingerprint density at radius 1 is 1.29 bits per heavy atom. The standard InChI is InChI=1S/C23H21F3N4O4S/c1-12-28-16-4-2-3-14(19(16)22(34)30(12)17-9-10-18(31)29-21(17)33)11-27-20(32)13-5-7-15(8-6-13)35-23(24,25)26/h2-7,15,17H,8-11H2,1H3,(H,27,32)(H,29,31,33)/t15-,17?/m1/s1. The van der Waals surface area contributed by atoms with Crippen LogP contribution in [0.15, 0.2) is 46.8 Å². The van der Waals surface area contributed by atoms with Crippen molar-refractivity contribution in [1.82, 2.24) is 20.2 Å². The van der Waals surface area contributed by atoms with Crippen LogP contribution in [-0.4, -0.2) is 38.0 Å². The minimum atomic E-state index is -4.36. The van der Waals surface area contributed by atoms with E-state index in [2.05, 4.69) is 15.6 Å². The number of rotatable bonds is 5. The number of amides is 3. The average Bonchev–Trinajstić information content (AvgIpc) is 2.78. The molecule has 0 spiro atoms. The summed E-state index contributed by atoms with van der Waals surface area (Å²) in [5.41, 5.74) is -3.72. The SMILES string of the molecule is Cc1nc2cccc(CNC(=O)C3=CC[C@H](SC(F)(F)F)C=C3)c2c(=O)n1C1CCC(=O)NC1=O. The van der Waals surface area contributed by atoms with Crippen molar-refractivity contribution in [3.05, 3.63) is 63.7 Å². The fraction of sp³-hybridized carbons (Fsp3) is 0.348. The predicted molar refractivity (Wildman–Crippen MR) is 123 cm³/mol. The molecule has 1 fully saturated rings. The summed E-state index contributed by atoms with van der Waals surface area (Å²) in [6, 6.07) is 4.11. The molecule has 1 aliphatic carbocycles. The topological polar surface area (TPSA) is 110 Å². The molecule has 1 saturated heterocycles. The van der Waals surface area contributed by atoms with Crippen LogP contribution in [0.25, 0.3) is 10.9 Å². The lowest BCUT2D eigenvalue weighted by atomic mass is 10.0. The molecule has 4 rings (SSSR count). The summed E-state index contributed by atoms with van der Waals surface area (Å²) in [5.74, 6) is -1.14. The van der Waals surface area contributed by atoms with Gasteiger partial charge in [0.1, 0.15) is 11.9 Å². The van der Waals surface area contributed by atoms with Gasteiger partial charge in [0.05, 0.1) is 10.9 Å². The third kappa shape index (κ3) is 5.47. The molecule has 1 aliphatic heterocycles. The van der Waals surface area contributed by atoms with Crippen LogP contribution in [0.4, 0.5) is 13.2 Å². The lowest BCUT2D eigenvalue weighted by Crippen LogP contribution is -2.45. The number of benzene rings is 1. The molecule has 2 heterocycles. The first-order chi connectivity index (χ1) is 16.5. The first kappa shape index (κ1) is 24.7. The van der Waals surface area contributed by atoms with E-state index in [1.807, 2.05) is 0 Å². The molecule has 8 nitrogen and oxygen atoms in total. The summed E-state index contributed by atoms with van der Waals surface area (Å²) in [6.07, 6.45) is 4.48. The van der Waals surface area contributed by atoms with Gasteiger partial charge in [0.2, 0.25) is 11.8 Å². The van der Waals surface area contributed by atoms with Gasteiger partial charge in [0.15, 0.2) is 0 Å². The lowest BCUT2D eigenvalue weighted by molar-refractivity contribution is -0.135. The van der Waals surface area contributed by atoms with Crippen molar-refractivity contribution < 1.29 is 27.6 Å². The van der Waals surface area contributed by atoms with Crippen LogP contribution in [0.3, 0.4) is 0 Å². The number of allylic oxidation sites excluding steroid dienone is 1. The third-order valence-corrected chi connectivity index (χ3v) is 6.68. The zero-order chi connectivity index (χ0) is 25.3. The highest BCUT2D eigenvalue weighted by Crippen LogP contribution is 2.37. The number of hydrogen-bond donors (Lipinski definition) is 2. The molecular formula is C23H21F3N4O4S. The molecule has 1 aromatic heterocycles. The quantitative estimate of drug-likeness (QED) is 0.604. The van der Waals surface area contributed by atoms with Crippen LogP contribution in [-0.2, 0) is 20.9 Å². The highest BCUT2D eigenvalue weighted by molar-refractivity contribution is 8.00. The zero-order valence-corrected chi connectivity index (χ0v) is 19.3. The van der Waals surface area contributed by atoms with Crippen LogP contribution in [0.2, 0.25) is 0 Å². The van der Waals surface area contributed by atoms with Gasteiger partial charge in [-0.2, -0.15) is 13.2 Å². The number of hydrogen-bond acceptors (Lipinski definition) is 6. The maximum Gasteiger partial charge on any atom is 0.442 e. The molecule has 2 atom stereocenters. The number of imide groups is 1. The van der Waals surface area contributed by atoms with Gasteiger partial charge >= 0.3 is 5.51 Å². The van der Waals surface area contributed by atoms with E-state index in [9.17, 15) is 32.3 Å². The first-order valence-corrected chi connectivity index (χ1v) is 11.7. The molecule has 3 amide bonds. The Balaban J connectivity index is 1.55. The van der Waals surface area contributed by atoms with Gasteiger partial charge < -0.3 is 5.32 Å². The number of halogens is 3. The number of thioether (sulfide) groups is 1. The smallest absolute Gasteiger partial charge is 0.348 e. The van der Waals surface area contributed by atoms with Crippen molar-refractivity contribution >= 4 is 40.4 Å². The van der Waals surface area contributed by atoms with E-state index in [0.717, 1.165) is 0 Å². The Labute approximate surface area is 201 Å².